The molecule has 2 heterocycles. The van der Waals surface area contributed by atoms with E-state index >= 15 is 0 Å². The van der Waals surface area contributed by atoms with E-state index in [4.69, 9.17) is 6.42 Å². The van der Waals surface area contributed by atoms with Crippen LogP contribution in [0.2, 0.25) is 0 Å². The molecule has 2 aliphatic rings. The van der Waals surface area contributed by atoms with Gasteiger partial charge in [-0.15, -0.1) is 6.42 Å². The zero-order chi connectivity index (χ0) is 14.9. The Hall–Kier alpha value is -1.79. The van der Waals surface area contributed by atoms with Gasteiger partial charge in [0.15, 0.2) is 0 Å². The van der Waals surface area contributed by atoms with E-state index in [9.17, 15) is 4.79 Å². The minimum absolute atomic E-state index is 0.119. The highest BCUT2D eigenvalue weighted by atomic mass is 16.2. The predicted octanol–water partition coefficient (Wildman–Crippen LogP) is 2.11. The van der Waals surface area contributed by atoms with E-state index in [1.54, 1.807) is 0 Å². The highest BCUT2D eigenvalue weighted by Gasteiger charge is 2.47. The van der Waals surface area contributed by atoms with Crippen molar-refractivity contribution in [2.45, 2.75) is 25.8 Å². The SMILES string of the molecule is C#Cc1ccc(CN2CCC3(CCCN(C)C3=O)C2)cc1. The van der Waals surface area contributed by atoms with Crippen LogP contribution < -0.4 is 0 Å². The van der Waals surface area contributed by atoms with E-state index in [2.05, 4.69) is 23.0 Å². The Balaban J connectivity index is 1.66. The summed E-state index contributed by atoms with van der Waals surface area (Å²) in [6, 6.07) is 8.16. The lowest BCUT2D eigenvalue weighted by Gasteiger charge is -2.37. The maximum Gasteiger partial charge on any atom is 0.229 e. The third-order valence-electron chi connectivity index (χ3n) is 4.91. The van der Waals surface area contributed by atoms with Gasteiger partial charge in [0.1, 0.15) is 0 Å². The largest absolute Gasteiger partial charge is 0.345 e. The average molecular weight is 282 g/mol. The molecule has 1 spiro atoms. The Morgan fingerprint density at radius 1 is 1.24 bits per heavy atom. The summed E-state index contributed by atoms with van der Waals surface area (Å²) in [5, 5.41) is 0. The third-order valence-corrected chi connectivity index (χ3v) is 4.91. The summed E-state index contributed by atoms with van der Waals surface area (Å²) in [7, 11) is 1.93. The van der Waals surface area contributed by atoms with Crippen molar-refractivity contribution in [2.75, 3.05) is 26.7 Å². The van der Waals surface area contributed by atoms with Gasteiger partial charge in [-0.05, 0) is 43.5 Å². The molecule has 0 aromatic heterocycles. The fourth-order valence-electron chi connectivity index (χ4n) is 3.70. The van der Waals surface area contributed by atoms with Crippen LogP contribution in [-0.2, 0) is 11.3 Å². The summed E-state index contributed by atoms with van der Waals surface area (Å²) in [5.74, 6) is 2.99. The van der Waals surface area contributed by atoms with Gasteiger partial charge in [-0.3, -0.25) is 9.69 Å². The van der Waals surface area contributed by atoms with Crippen LogP contribution in [-0.4, -0.2) is 42.4 Å². The van der Waals surface area contributed by atoms with Crippen LogP contribution in [0.1, 0.15) is 30.4 Å². The van der Waals surface area contributed by atoms with E-state index in [0.717, 1.165) is 51.0 Å². The second kappa shape index (κ2) is 5.54. The summed E-state index contributed by atoms with van der Waals surface area (Å²) >= 11 is 0. The number of hydrogen-bond donors (Lipinski definition) is 0. The molecule has 1 amide bonds. The smallest absolute Gasteiger partial charge is 0.229 e. The van der Waals surface area contributed by atoms with Gasteiger partial charge in [0.25, 0.3) is 0 Å². The molecular weight excluding hydrogens is 260 g/mol. The zero-order valence-electron chi connectivity index (χ0n) is 12.6. The Morgan fingerprint density at radius 2 is 2.00 bits per heavy atom. The molecule has 1 aromatic carbocycles. The zero-order valence-corrected chi connectivity index (χ0v) is 12.6. The van der Waals surface area contributed by atoms with Crippen LogP contribution in [0.25, 0.3) is 0 Å². The fourth-order valence-corrected chi connectivity index (χ4v) is 3.70. The lowest BCUT2D eigenvalue weighted by Crippen LogP contribution is -2.48. The molecule has 1 atom stereocenters. The Bertz CT molecular complexity index is 572. The molecule has 3 heteroatoms. The molecule has 2 saturated heterocycles. The van der Waals surface area contributed by atoms with Crippen molar-refractivity contribution in [2.24, 2.45) is 5.41 Å². The van der Waals surface area contributed by atoms with E-state index < -0.39 is 0 Å². The lowest BCUT2D eigenvalue weighted by atomic mass is 9.78. The van der Waals surface area contributed by atoms with E-state index in [1.807, 2.05) is 24.1 Å². The summed E-state index contributed by atoms with van der Waals surface area (Å²) in [6.45, 7) is 3.72. The predicted molar refractivity (Wildman–Crippen MR) is 83.6 cm³/mol. The molecule has 3 rings (SSSR count). The summed E-state index contributed by atoms with van der Waals surface area (Å²) < 4.78 is 0. The van der Waals surface area contributed by atoms with Crippen LogP contribution >= 0.6 is 0 Å². The molecule has 2 fully saturated rings. The van der Waals surface area contributed by atoms with Gasteiger partial charge >= 0.3 is 0 Å². The summed E-state index contributed by atoms with van der Waals surface area (Å²) in [4.78, 5) is 16.8. The van der Waals surface area contributed by atoms with Gasteiger partial charge in [-0.1, -0.05) is 18.1 Å². The fraction of sp³-hybridized carbons (Fsp3) is 0.500. The second-order valence-electron chi connectivity index (χ2n) is 6.41. The number of carbonyl (C=O) groups excluding carboxylic acids is 1. The third kappa shape index (κ3) is 2.69. The number of amides is 1. The molecule has 0 saturated carbocycles. The molecule has 0 aliphatic carbocycles. The molecule has 110 valence electrons. The minimum atomic E-state index is -0.119. The topological polar surface area (TPSA) is 23.6 Å². The lowest BCUT2D eigenvalue weighted by molar-refractivity contribution is -0.143. The molecule has 0 radical (unpaired) electrons. The average Bonchev–Trinajstić information content (AvgIpc) is 2.90. The number of piperidine rings is 1. The van der Waals surface area contributed by atoms with Crippen LogP contribution in [0, 0.1) is 17.8 Å². The van der Waals surface area contributed by atoms with Crippen molar-refractivity contribution in [1.82, 2.24) is 9.80 Å². The Labute approximate surface area is 126 Å². The molecule has 1 unspecified atom stereocenters. The Kier molecular flexibility index (Phi) is 3.73. The molecule has 1 aromatic rings. The van der Waals surface area contributed by atoms with Crippen molar-refractivity contribution in [1.29, 1.82) is 0 Å². The van der Waals surface area contributed by atoms with E-state index in [1.165, 1.54) is 5.56 Å². The van der Waals surface area contributed by atoms with Gasteiger partial charge in [0, 0.05) is 32.2 Å². The highest BCUT2D eigenvalue weighted by Crippen LogP contribution is 2.40. The maximum absolute atomic E-state index is 12.5. The van der Waals surface area contributed by atoms with Crippen molar-refractivity contribution < 1.29 is 4.79 Å². The number of hydrogen-bond acceptors (Lipinski definition) is 2. The first-order chi connectivity index (χ1) is 10.1. The van der Waals surface area contributed by atoms with Crippen LogP contribution in [0.15, 0.2) is 24.3 Å². The quantitative estimate of drug-likeness (QED) is 0.776. The number of likely N-dealkylation sites (tertiary alicyclic amines) is 2. The van der Waals surface area contributed by atoms with Crippen molar-refractivity contribution in [3.05, 3.63) is 35.4 Å². The molecule has 2 aliphatic heterocycles. The van der Waals surface area contributed by atoms with Gasteiger partial charge in [0.05, 0.1) is 5.41 Å². The number of nitrogens with zero attached hydrogens (tertiary/aromatic N) is 2. The number of terminal acetylenes is 1. The molecule has 3 nitrogen and oxygen atoms in total. The van der Waals surface area contributed by atoms with Crippen LogP contribution in [0.5, 0.6) is 0 Å². The first kappa shape index (κ1) is 14.2. The van der Waals surface area contributed by atoms with Gasteiger partial charge in [-0.2, -0.15) is 0 Å². The van der Waals surface area contributed by atoms with Crippen LogP contribution in [0.4, 0.5) is 0 Å². The van der Waals surface area contributed by atoms with Crippen molar-refractivity contribution in [3.8, 4) is 12.3 Å². The molecular formula is C18H22N2O. The second-order valence-corrected chi connectivity index (χ2v) is 6.41. The Morgan fingerprint density at radius 3 is 2.71 bits per heavy atom. The normalized spacial score (nSPS) is 26.3. The minimum Gasteiger partial charge on any atom is -0.345 e. The van der Waals surface area contributed by atoms with Crippen molar-refractivity contribution >= 4 is 5.91 Å². The van der Waals surface area contributed by atoms with Gasteiger partial charge in [-0.25, -0.2) is 0 Å². The van der Waals surface area contributed by atoms with E-state index in [0.29, 0.717) is 5.91 Å². The number of carbonyl (C=O) groups is 1. The first-order valence-electron chi connectivity index (χ1n) is 7.66. The van der Waals surface area contributed by atoms with E-state index in [-0.39, 0.29) is 5.41 Å². The summed E-state index contributed by atoms with van der Waals surface area (Å²) in [6.07, 6.45) is 8.56. The first-order valence-corrected chi connectivity index (χ1v) is 7.66. The van der Waals surface area contributed by atoms with Crippen LogP contribution in [0.3, 0.4) is 0 Å². The summed E-state index contributed by atoms with van der Waals surface area (Å²) in [5.41, 5.74) is 2.06. The standard InChI is InChI=1S/C18H22N2O/c1-3-15-5-7-16(8-6-15)13-20-12-10-18(14-20)9-4-11-19(2)17(18)21/h1,5-8H,4,9-14H2,2H3. The molecule has 0 N–H and O–H groups in total. The van der Waals surface area contributed by atoms with Crippen molar-refractivity contribution in [3.63, 3.8) is 0 Å². The number of benzene rings is 1. The molecule has 21 heavy (non-hydrogen) atoms. The molecule has 0 bridgehead atoms. The maximum atomic E-state index is 12.5. The highest BCUT2D eigenvalue weighted by molar-refractivity contribution is 5.83. The number of rotatable bonds is 2. The van der Waals surface area contributed by atoms with Gasteiger partial charge < -0.3 is 4.90 Å². The monoisotopic (exact) mass is 282 g/mol. The van der Waals surface area contributed by atoms with Gasteiger partial charge in [0.2, 0.25) is 5.91 Å².